The Bertz CT molecular complexity index is 922. The zero-order valence-electron chi connectivity index (χ0n) is 14.0. The molecule has 2 aromatic rings. The number of hydrogen-bond donors (Lipinski definition) is 2. The van der Waals surface area contributed by atoms with Crippen LogP contribution in [0.3, 0.4) is 0 Å². The van der Waals surface area contributed by atoms with E-state index in [0.29, 0.717) is 6.42 Å². The largest absolute Gasteiger partial charge is 0.327 e. The first-order valence-corrected chi connectivity index (χ1v) is 9.44. The van der Waals surface area contributed by atoms with Crippen molar-refractivity contribution in [2.24, 2.45) is 10.9 Å². The third kappa shape index (κ3) is 4.66. The summed E-state index contributed by atoms with van der Waals surface area (Å²) in [5.74, 6) is -0.347. The Labute approximate surface area is 151 Å². The van der Waals surface area contributed by atoms with Gasteiger partial charge in [-0.25, -0.2) is 17.9 Å². The summed E-state index contributed by atoms with van der Waals surface area (Å²) in [4.78, 5) is -0.115. The summed E-state index contributed by atoms with van der Waals surface area (Å²) in [6, 6.07) is 4.59. The highest BCUT2D eigenvalue weighted by atomic mass is 35.5. The van der Waals surface area contributed by atoms with Gasteiger partial charge in [-0.3, -0.25) is 4.68 Å². The maximum Gasteiger partial charge on any atom is 0.239 e. The SMILES string of the molecule is Cc1nn(C/C(F)=C/CN)c(C)c1Cc1ccc(S(N)(=O)=O)c(Cl)c1. The van der Waals surface area contributed by atoms with Gasteiger partial charge >= 0.3 is 0 Å². The van der Waals surface area contributed by atoms with E-state index in [1.807, 2.05) is 13.8 Å². The van der Waals surface area contributed by atoms with Crippen molar-refractivity contribution in [2.75, 3.05) is 6.54 Å². The van der Waals surface area contributed by atoms with E-state index in [0.717, 1.165) is 22.5 Å². The maximum absolute atomic E-state index is 13.7. The van der Waals surface area contributed by atoms with Crippen LogP contribution in [0.5, 0.6) is 0 Å². The normalized spacial score (nSPS) is 12.6. The molecule has 1 heterocycles. The lowest BCUT2D eigenvalue weighted by molar-refractivity contribution is 0.517. The first-order valence-electron chi connectivity index (χ1n) is 7.52. The molecule has 0 saturated heterocycles. The molecule has 0 aliphatic carbocycles. The van der Waals surface area contributed by atoms with Gasteiger partial charge in [0.15, 0.2) is 0 Å². The number of primary sulfonamides is 1. The summed E-state index contributed by atoms with van der Waals surface area (Å²) >= 11 is 6.02. The van der Waals surface area contributed by atoms with Crippen LogP contribution in [0.15, 0.2) is 35.0 Å². The van der Waals surface area contributed by atoms with E-state index in [9.17, 15) is 12.8 Å². The Kier molecular flexibility index (Phi) is 5.99. The molecule has 0 unspecified atom stereocenters. The number of aromatic nitrogens is 2. The molecule has 6 nitrogen and oxygen atoms in total. The number of sulfonamides is 1. The Balaban J connectivity index is 2.31. The minimum Gasteiger partial charge on any atom is -0.327 e. The molecule has 2 rings (SSSR count). The summed E-state index contributed by atoms with van der Waals surface area (Å²) in [6.45, 7) is 3.84. The van der Waals surface area contributed by atoms with E-state index in [-0.39, 0.29) is 28.8 Å². The zero-order chi connectivity index (χ0) is 18.8. The summed E-state index contributed by atoms with van der Waals surface area (Å²) in [7, 11) is -3.86. The number of nitrogens with two attached hydrogens (primary N) is 2. The van der Waals surface area contributed by atoms with E-state index >= 15 is 0 Å². The molecule has 136 valence electrons. The molecule has 0 bridgehead atoms. The van der Waals surface area contributed by atoms with Crippen molar-refractivity contribution in [1.82, 2.24) is 9.78 Å². The number of halogens is 2. The second kappa shape index (κ2) is 7.65. The van der Waals surface area contributed by atoms with Crippen LogP contribution >= 0.6 is 11.6 Å². The standard InChI is InChI=1S/C16H20ClFN4O2S/c1-10-14(11(2)22(21-10)9-13(18)5-6-19)7-12-3-4-16(15(17)8-12)25(20,23)24/h3-5,8H,6-7,9,19H2,1-2H3,(H2,20,23,24)/b13-5-. The molecule has 0 radical (unpaired) electrons. The third-order valence-corrected chi connectivity index (χ3v) is 5.25. The Morgan fingerprint density at radius 1 is 1.40 bits per heavy atom. The second-order valence-electron chi connectivity index (χ2n) is 5.68. The smallest absolute Gasteiger partial charge is 0.239 e. The highest BCUT2D eigenvalue weighted by molar-refractivity contribution is 7.89. The van der Waals surface area contributed by atoms with Gasteiger partial charge < -0.3 is 5.73 Å². The Morgan fingerprint density at radius 2 is 2.08 bits per heavy atom. The average molecular weight is 387 g/mol. The number of rotatable bonds is 6. The van der Waals surface area contributed by atoms with Gasteiger partial charge in [0.25, 0.3) is 0 Å². The van der Waals surface area contributed by atoms with Crippen molar-refractivity contribution in [1.29, 1.82) is 0 Å². The first-order chi connectivity index (χ1) is 11.6. The van der Waals surface area contributed by atoms with Crippen molar-refractivity contribution in [3.05, 3.63) is 57.6 Å². The van der Waals surface area contributed by atoms with Gasteiger partial charge in [0.2, 0.25) is 10.0 Å². The predicted molar refractivity (Wildman–Crippen MR) is 95.6 cm³/mol. The van der Waals surface area contributed by atoms with E-state index in [2.05, 4.69) is 5.10 Å². The van der Waals surface area contributed by atoms with Gasteiger partial charge in [0.05, 0.1) is 17.3 Å². The highest BCUT2D eigenvalue weighted by Gasteiger charge is 2.16. The zero-order valence-corrected chi connectivity index (χ0v) is 15.5. The Hall–Kier alpha value is -1.74. The number of benzene rings is 1. The molecule has 4 N–H and O–H groups in total. The van der Waals surface area contributed by atoms with Crippen LogP contribution < -0.4 is 10.9 Å². The summed E-state index contributed by atoms with van der Waals surface area (Å²) < 4.78 is 38.1. The van der Waals surface area contributed by atoms with Crippen LogP contribution in [-0.2, 0) is 23.0 Å². The number of hydrogen-bond acceptors (Lipinski definition) is 4. The molecule has 0 amide bonds. The van der Waals surface area contributed by atoms with Gasteiger partial charge in [0, 0.05) is 24.2 Å². The summed E-state index contributed by atoms with van der Waals surface area (Å²) in [5, 5.41) is 9.53. The molecule has 0 spiro atoms. The van der Waals surface area contributed by atoms with Gasteiger partial charge in [-0.2, -0.15) is 5.10 Å². The van der Waals surface area contributed by atoms with Crippen molar-refractivity contribution < 1.29 is 12.8 Å². The van der Waals surface area contributed by atoms with Crippen molar-refractivity contribution in [2.45, 2.75) is 31.7 Å². The van der Waals surface area contributed by atoms with E-state index in [1.165, 1.54) is 12.1 Å². The minimum atomic E-state index is -3.86. The second-order valence-corrected chi connectivity index (χ2v) is 7.62. The summed E-state index contributed by atoms with van der Waals surface area (Å²) in [5.41, 5.74) is 8.63. The van der Waals surface area contributed by atoms with Crippen molar-refractivity contribution >= 4 is 21.6 Å². The number of nitrogens with zero attached hydrogens (tertiary/aromatic N) is 2. The van der Waals surface area contributed by atoms with Gasteiger partial charge in [-0.1, -0.05) is 17.7 Å². The fourth-order valence-electron chi connectivity index (χ4n) is 2.57. The lowest BCUT2D eigenvalue weighted by Crippen LogP contribution is -2.12. The summed E-state index contributed by atoms with van der Waals surface area (Å²) in [6.07, 6.45) is 1.80. The lowest BCUT2D eigenvalue weighted by Gasteiger charge is -2.07. The Morgan fingerprint density at radius 3 is 2.64 bits per heavy atom. The van der Waals surface area contributed by atoms with E-state index in [1.54, 1.807) is 16.8 Å². The lowest BCUT2D eigenvalue weighted by atomic mass is 10.0. The van der Waals surface area contributed by atoms with Crippen LogP contribution in [0.2, 0.25) is 5.02 Å². The molecule has 0 fully saturated rings. The number of allylic oxidation sites excluding steroid dienone is 1. The van der Waals surface area contributed by atoms with Crippen LogP contribution in [0.25, 0.3) is 0 Å². The molecule has 0 saturated carbocycles. The number of aryl methyl sites for hydroxylation is 1. The van der Waals surface area contributed by atoms with Crippen LogP contribution in [0, 0.1) is 13.8 Å². The molecular weight excluding hydrogens is 367 g/mol. The van der Waals surface area contributed by atoms with Crippen molar-refractivity contribution in [3.63, 3.8) is 0 Å². The van der Waals surface area contributed by atoms with E-state index in [4.69, 9.17) is 22.5 Å². The monoisotopic (exact) mass is 386 g/mol. The van der Waals surface area contributed by atoms with Crippen LogP contribution in [0.4, 0.5) is 4.39 Å². The predicted octanol–water partition coefficient (Wildman–Crippen LogP) is 2.20. The molecule has 0 atom stereocenters. The van der Waals surface area contributed by atoms with Crippen LogP contribution in [0.1, 0.15) is 22.5 Å². The quantitative estimate of drug-likeness (QED) is 0.794. The van der Waals surface area contributed by atoms with Crippen LogP contribution in [-0.4, -0.2) is 24.7 Å². The average Bonchev–Trinajstić information content (AvgIpc) is 2.74. The maximum atomic E-state index is 13.7. The van der Waals surface area contributed by atoms with Gasteiger partial charge in [-0.15, -0.1) is 0 Å². The minimum absolute atomic E-state index is 0.0228. The molecule has 25 heavy (non-hydrogen) atoms. The molecule has 0 aliphatic heterocycles. The molecule has 9 heteroatoms. The topological polar surface area (TPSA) is 104 Å². The molecule has 1 aromatic heterocycles. The third-order valence-electron chi connectivity index (χ3n) is 3.86. The van der Waals surface area contributed by atoms with Gasteiger partial charge in [-0.05, 0) is 37.6 Å². The first kappa shape index (κ1) is 19.6. The van der Waals surface area contributed by atoms with Crippen molar-refractivity contribution in [3.8, 4) is 0 Å². The fourth-order valence-corrected chi connectivity index (χ4v) is 3.68. The molecular formula is C16H20ClFN4O2S. The fraction of sp³-hybridized carbons (Fsp3) is 0.312. The highest BCUT2D eigenvalue weighted by Crippen LogP contribution is 2.25. The van der Waals surface area contributed by atoms with Gasteiger partial charge in [0.1, 0.15) is 10.7 Å². The van der Waals surface area contributed by atoms with E-state index < -0.39 is 10.0 Å². The molecule has 0 aliphatic rings. The molecule has 1 aromatic carbocycles.